The molecule has 0 bridgehead atoms. The molecule has 0 spiro atoms. The quantitative estimate of drug-likeness (QED) is 0.768. The number of amides is 1. The number of carbonyl (C=O) groups is 1. The lowest BCUT2D eigenvalue weighted by atomic mass is 9.82. The van der Waals surface area contributed by atoms with Gasteiger partial charge < -0.3 is 4.90 Å². The largest absolute Gasteiger partial charge is 0.331 e. The summed E-state index contributed by atoms with van der Waals surface area (Å²) in [7, 11) is 0. The van der Waals surface area contributed by atoms with Crippen LogP contribution in [-0.4, -0.2) is 23.9 Å². The Balaban J connectivity index is 1.80. The minimum Gasteiger partial charge on any atom is -0.331 e. The molecular weight excluding hydrogens is 246 g/mol. The molecule has 1 aromatic rings. The summed E-state index contributed by atoms with van der Waals surface area (Å²) in [4.78, 5) is 14.8. The van der Waals surface area contributed by atoms with Gasteiger partial charge in [-0.1, -0.05) is 30.2 Å². The van der Waals surface area contributed by atoms with Gasteiger partial charge in [0, 0.05) is 6.54 Å². The summed E-state index contributed by atoms with van der Waals surface area (Å²) in [5.41, 5.74) is 2.56. The van der Waals surface area contributed by atoms with Crippen molar-refractivity contribution >= 4 is 5.91 Å². The zero-order chi connectivity index (χ0) is 13.9. The molecule has 1 fully saturated rings. The SMILES string of the molecule is C#CCN(CC1CC1)C(=O)C1CCCc2ccccc21. The first-order chi connectivity index (χ1) is 9.79. The highest BCUT2D eigenvalue weighted by atomic mass is 16.2. The molecule has 1 saturated carbocycles. The molecule has 3 rings (SSSR count). The first kappa shape index (κ1) is 13.2. The van der Waals surface area contributed by atoms with E-state index in [0.29, 0.717) is 12.5 Å². The summed E-state index contributed by atoms with van der Waals surface area (Å²) in [5, 5.41) is 0. The van der Waals surface area contributed by atoms with Gasteiger partial charge in [-0.3, -0.25) is 4.79 Å². The van der Waals surface area contributed by atoms with E-state index in [1.54, 1.807) is 0 Å². The van der Waals surface area contributed by atoms with Crippen LogP contribution in [0.4, 0.5) is 0 Å². The summed E-state index contributed by atoms with van der Waals surface area (Å²) >= 11 is 0. The van der Waals surface area contributed by atoms with Crippen molar-refractivity contribution in [1.82, 2.24) is 4.90 Å². The molecular formula is C18H21NO. The van der Waals surface area contributed by atoms with Crippen molar-refractivity contribution in [1.29, 1.82) is 0 Å². The normalized spacial score (nSPS) is 20.9. The molecule has 1 atom stereocenters. The fourth-order valence-corrected chi connectivity index (χ4v) is 3.19. The van der Waals surface area contributed by atoms with Gasteiger partial charge in [0.25, 0.3) is 0 Å². The summed E-state index contributed by atoms with van der Waals surface area (Å²) < 4.78 is 0. The molecule has 1 amide bonds. The Morgan fingerprint density at radius 3 is 2.85 bits per heavy atom. The number of nitrogens with zero attached hydrogens (tertiary/aromatic N) is 1. The Bertz CT molecular complexity index is 539. The van der Waals surface area contributed by atoms with Gasteiger partial charge in [-0.2, -0.15) is 0 Å². The maximum Gasteiger partial charge on any atom is 0.230 e. The molecule has 0 N–H and O–H groups in total. The van der Waals surface area contributed by atoms with Crippen molar-refractivity contribution in [3.63, 3.8) is 0 Å². The average Bonchev–Trinajstić information content (AvgIpc) is 3.29. The van der Waals surface area contributed by atoms with E-state index in [1.165, 1.54) is 24.0 Å². The third-order valence-corrected chi connectivity index (χ3v) is 4.44. The molecule has 2 aliphatic rings. The molecule has 0 radical (unpaired) electrons. The van der Waals surface area contributed by atoms with Gasteiger partial charge in [0.05, 0.1) is 12.5 Å². The number of fused-ring (bicyclic) bond motifs is 1. The monoisotopic (exact) mass is 267 g/mol. The molecule has 20 heavy (non-hydrogen) atoms. The first-order valence-corrected chi connectivity index (χ1v) is 7.59. The van der Waals surface area contributed by atoms with Crippen LogP contribution in [0.15, 0.2) is 24.3 Å². The molecule has 2 nitrogen and oxygen atoms in total. The van der Waals surface area contributed by atoms with Crippen molar-refractivity contribution in [2.75, 3.05) is 13.1 Å². The third-order valence-electron chi connectivity index (χ3n) is 4.44. The molecule has 2 heteroatoms. The van der Waals surface area contributed by atoms with Crippen LogP contribution in [0, 0.1) is 18.3 Å². The minimum atomic E-state index is 0.0204. The fourth-order valence-electron chi connectivity index (χ4n) is 3.19. The predicted octanol–water partition coefficient (Wildman–Crippen LogP) is 2.98. The second-order valence-electron chi connectivity index (χ2n) is 6.01. The Kier molecular flexibility index (Phi) is 3.78. The van der Waals surface area contributed by atoms with Gasteiger partial charge in [-0.05, 0) is 49.1 Å². The van der Waals surface area contributed by atoms with E-state index in [4.69, 9.17) is 6.42 Å². The van der Waals surface area contributed by atoms with Crippen LogP contribution >= 0.6 is 0 Å². The number of hydrogen-bond donors (Lipinski definition) is 0. The topological polar surface area (TPSA) is 20.3 Å². The van der Waals surface area contributed by atoms with E-state index in [0.717, 1.165) is 25.8 Å². The number of carbonyl (C=O) groups excluding carboxylic acids is 1. The summed E-state index contributed by atoms with van der Waals surface area (Å²) in [6.07, 6.45) is 11.1. The molecule has 1 unspecified atom stereocenters. The van der Waals surface area contributed by atoms with Crippen LogP contribution < -0.4 is 0 Å². The summed E-state index contributed by atoms with van der Waals surface area (Å²) in [6.45, 7) is 1.30. The van der Waals surface area contributed by atoms with E-state index in [1.807, 2.05) is 11.0 Å². The van der Waals surface area contributed by atoms with E-state index >= 15 is 0 Å². The minimum absolute atomic E-state index is 0.0204. The smallest absolute Gasteiger partial charge is 0.230 e. The maximum absolute atomic E-state index is 12.8. The number of benzene rings is 1. The Morgan fingerprint density at radius 1 is 1.30 bits per heavy atom. The van der Waals surface area contributed by atoms with Crippen LogP contribution in [0.2, 0.25) is 0 Å². The lowest BCUT2D eigenvalue weighted by molar-refractivity contribution is -0.132. The van der Waals surface area contributed by atoms with Gasteiger partial charge in [0.2, 0.25) is 5.91 Å². The van der Waals surface area contributed by atoms with Crippen LogP contribution in [0.1, 0.15) is 42.7 Å². The van der Waals surface area contributed by atoms with Crippen molar-refractivity contribution in [2.45, 2.75) is 38.0 Å². The Labute approximate surface area is 121 Å². The van der Waals surface area contributed by atoms with Gasteiger partial charge in [0.1, 0.15) is 0 Å². The second-order valence-corrected chi connectivity index (χ2v) is 6.01. The number of terminal acetylenes is 1. The highest BCUT2D eigenvalue weighted by Crippen LogP contribution is 2.35. The van der Waals surface area contributed by atoms with E-state index in [2.05, 4.69) is 24.1 Å². The maximum atomic E-state index is 12.8. The van der Waals surface area contributed by atoms with E-state index in [-0.39, 0.29) is 11.8 Å². The molecule has 0 aromatic heterocycles. The highest BCUT2D eigenvalue weighted by Gasteiger charge is 2.32. The average molecular weight is 267 g/mol. The van der Waals surface area contributed by atoms with Gasteiger partial charge in [-0.15, -0.1) is 6.42 Å². The second kappa shape index (κ2) is 5.71. The number of hydrogen-bond acceptors (Lipinski definition) is 1. The van der Waals surface area contributed by atoms with Crippen LogP contribution in [-0.2, 0) is 11.2 Å². The van der Waals surface area contributed by atoms with Gasteiger partial charge >= 0.3 is 0 Å². The Morgan fingerprint density at radius 2 is 2.10 bits per heavy atom. The highest BCUT2D eigenvalue weighted by molar-refractivity contribution is 5.84. The zero-order valence-electron chi connectivity index (χ0n) is 11.8. The summed E-state index contributed by atoms with van der Waals surface area (Å²) in [6, 6.07) is 8.37. The van der Waals surface area contributed by atoms with E-state index < -0.39 is 0 Å². The van der Waals surface area contributed by atoms with Gasteiger partial charge in [-0.25, -0.2) is 0 Å². The fraction of sp³-hybridized carbons (Fsp3) is 0.500. The molecule has 0 aliphatic heterocycles. The lowest BCUT2D eigenvalue weighted by Gasteiger charge is -2.30. The van der Waals surface area contributed by atoms with Crippen molar-refractivity contribution in [2.24, 2.45) is 5.92 Å². The van der Waals surface area contributed by atoms with Crippen molar-refractivity contribution < 1.29 is 4.79 Å². The van der Waals surface area contributed by atoms with Crippen LogP contribution in [0.3, 0.4) is 0 Å². The van der Waals surface area contributed by atoms with Gasteiger partial charge in [0.15, 0.2) is 0 Å². The molecule has 1 aromatic carbocycles. The predicted molar refractivity (Wildman–Crippen MR) is 80.3 cm³/mol. The lowest BCUT2D eigenvalue weighted by Crippen LogP contribution is -2.38. The van der Waals surface area contributed by atoms with Crippen molar-refractivity contribution in [3.05, 3.63) is 35.4 Å². The molecule has 2 aliphatic carbocycles. The first-order valence-electron chi connectivity index (χ1n) is 7.59. The third kappa shape index (κ3) is 2.72. The van der Waals surface area contributed by atoms with Crippen LogP contribution in [0.5, 0.6) is 0 Å². The van der Waals surface area contributed by atoms with Crippen molar-refractivity contribution in [3.8, 4) is 12.3 Å². The molecule has 0 saturated heterocycles. The Hall–Kier alpha value is -1.75. The zero-order valence-corrected chi connectivity index (χ0v) is 11.8. The molecule has 104 valence electrons. The number of rotatable bonds is 4. The summed E-state index contributed by atoms with van der Waals surface area (Å²) in [5.74, 6) is 3.59. The van der Waals surface area contributed by atoms with E-state index in [9.17, 15) is 4.79 Å². The van der Waals surface area contributed by atoms with Crippen LogP contribution in [0.25, 0.3) is 0 Å². The number of aryl methyl sites for hydroxylation is 1. The standard InChI is InChI=1S/C18H21NO/c1-2-12-19(13-14-10-11-14)18(20)17-9-5-7-15-6-3-4-8-16(15)17/h1,3-4,6,8,14,17H,5,7,9-13H2. The molecule has 0 heterocycles.